The summed E-state index contributed by atoms with van der Waals surface area (Å²) in [6.07, 6.45) is 0. The lowest BCUT2D eigenvalue weighted by atomic mass is 10.1. The van der Waals surface area contributed by atoms with Gasteiger partial charge in [-0.2, -0.15) is 0 Å². The second kappa shape index (κ2) is 4.80. The minimum Gasteiger partial charge on any atom is -0.395 e. The lowest BCUT2D eigenvalue weighted by Crippen LogP contribution is -2.07. The first kappa shape index (κ1) is 11.3. The van der Waals surface area contributed by atoms with Gasteiger partial charge in [-0.05, 0) is 11.5 Å². The van der Waals surface area contributed by atoms with Gasteiger partial charge in [0.2, 0.25) is 0 Å². The van der Waals surface area contributed by atoms with Crippen molar-refractivity contribution in [2.75, 3.05) is 18.5 Å². The third-order valence-electron chi connectivity index (χ3n) is 2.52. The predicted molar refractivity (Wildman–Crippen MR) is 66.2 cm³/mol. The Morgan fingerprint density at radius 2 is 2.00 bits per heavy atom. The molecule has 17 heavy (non-hydrogen) atoms. The van der Waals surface area contributed by atoms with Gasteiger partial charge in [0.1, 0.15) is 5.69 Å². The Morgan fingerprint density at radius 1 is 1.24 bits per heavy atom. The number of anilines is 1. The predicted octanol–water partition coefficient (Wildman–Crippen LogP) is 2.15. The zero-order valence-corrected chi connectivity index (χ0v) is 9.09. The molecule has 2 aromatic rings. The number of aliphatic hydroxyl groups is 1. The molecule has 0 radical (unpaired) electrons. The monoisotopic (exact) mass is 232 g/mol. The van der Waals surface area contributed by atoms with Gasteiger partial charge in [0.05, 0.1) is 11.5 Å². The Kier molecular flexibility index (Phi) is 3.20. The van der Waals surface area contributed by atoms with E-state index in [2.05, 4.69) is 5.32 Å². The smallest absolute Gasteiger partial charge is 0.292 e. The molecule has 88 valence electrons. The number of nitrogens with zero attached hydrogens (tertiary/aromatic N) is 1. The summed E-state index contributed by atoms with van der Waals surface area (Å²) in [6.45, 7) is 0.217. The molecular formula is C12H12N2O3. The van der Waals surface area contributed by atoms with Crippen LogP contribution in [0.15, 0.2) is 36.4 Å². The van der Waals surface area contributed by atoms with Crippen LogP contribution in [-0.4, -0.2) is 23.2 Å². The molecule has 0 fully saturated rings. The molecule has 2 aromatic carbocycles. The third kappa shape index (κ3) is 2.19. The average Bonchev–Trinajstić information content (AvgIpc) is 2.35. The van der Waals surface area contributed by atoms with Gasteiger partial charge < -0.3 is 10.4 Å². The van der Waals surface area contributed by atoms with Gasteiger partial charge in [-0.15, -0.1) is 0 Å². The Balaban J connectivity index is 2.61. The normalized spacial score (nSPS) is 10.4. The Bertz CT molecular complexity index is 554. The molecule has 0 heterocycles. The van der Waals surface area contributed by atoms with Crippen LogP contribution in [0.5, 0.6) is 0 Å². The van der Waals surface area contributed by atoms with Gasteiger partial charge in [0, 0.05) is 18.0 Å². The van der Waals surface area contributed by atoms with Gasteiger partial charge in [0.25, 0.3) is 5.69 Å². The third-order valence-corrected chi connectivity index (χ3v) is 2.52. The number of rotatable bonds is 4. The van der Waals surface area contributed by atoms with Crippen LogP contribution in [0, 0.1) is 10.1 Å². The molecule has 0 spiro atoms. The summed E-state index contributed by atoms with van der Waals surface area (Å²) in [5.41, 5.74) is 0.485. The number of nitrogens with one attached hydrogen (secondary N) is 1. The van der Waals surface area contributed by atoms with Crippen LogP contribution in [0.3, 0.4) is 0 Å². The maximum absolute atomic E-state index is 10.9. The van der Waals surface area contributed by atoms with Crippen molar-refractivity contribution in [2.24, 2.45) is 0 Å². The molecule has 0 unspecified atom stereocenters. The molecule has 0 aliphatic carbocycles. The lowest BCUT2D eigenvalue weighted by Gasteiger charge is -2.09. The van der Waals surface area contributed by atoms with Crippen LogP contribution >= 0.6 is 0 Å². The van der Waals surface area contributed by atoms with E-state index in [0.29, 0.717) is 5.69 Å². The van der Waals surface area contributed by atoms with Gasteiger partial charge >= 0.3 is 0 Å². The summed E-state index contributed by atoms with van der Waals surface area (Å²) in [4.78, 5) is 10.5. The summed E-state index contributed by atoms with van der Waals surface area (Å²) < 4.78 is 0. The summed E-state index contributed by atoms with van der Waals surface area (Å²) >= 11 is 0. The molecule has 0 atom stereocenters. The maximum atomic E-state index is 10.9. The van der Waals surface area contributed by atoms with Crippen LogP contribution in [0.1, 0.15) is 0 Å². The highest BCUT2D eigenvalue weighted by Crippen LogP contribution is 2.32. The molecule has 5 nitrogen and oxygen atoms in total. The number of fused-ring (bicyclic) bond motifs is 1. The highest BCUT2D eigenvalue weighted by molar-refractivity contribution is 5.98. The fourth-order valence-corrected chi connectivity index (χ4v) is 1.78. The molecule has 0 saturated carbocycles. The van der Waals surface area contributed by atoms with Crippen LogP contribution in [0.2, 0.25) is 0 Å². The van der Waals surface area contributed by atoms with Gasteiger partial charge in [-0.25, -0.2) is 0 Å². The van der Waals surface area contributed by atoms with Crippen molar-refractivity contribution in [1.29, 1.82) is 0 Å². The van der Waals surface area contributed by atoms with Crippen LogP contribution in [0.25, 0.3) is 10.8 Å². The highest BCUT2D eigenvalue weighted by Gasteiger charge is 2.15. The number of benzene rings is 2. The molecule has 0 bridgehead atoms. The van der Waals surface area contributed by atoms with Crippen molar-refractivity contribution in [3.8, 4) is 0 Å². The summed E-state index contributed by atoms with van der Waals surface area (Å²) in [6, 6.07) is 10.6. The first-order chi connectivity index (χ1) is 8.24. The van der Waals surface area contributed by atoms with Gasteiger partial charge in [0.15, 0.2) is 0 Å². The van der Waals surface area contributed by atoms with Crippen molar-refractivity contribution >= 4 is 22.1 Å². The first-order valence-corrected chi connectivity index (χ1v) is 5.25. The van der Waals surface area contributed by atoms with E-state index in [4.69, 9.17) is 5.11 Å². The molecule has 0 aliphatic heterocycles. The Morgan fingerprint density at radius 3 is 2.71 bits per heavy atom. The second-order valence-corrected chi connectivity index (χ2v) is 3.59. The first-order valence-electron chi connectivity index (χ1n) is 5.25. The van der Waals surface area contributed by atoms with E-state index in [1.807, 2.05) is 24.3 Å². The fraction of sp³-hybridized carbons (Fsp3) is 0.167. The van der Waals surface area contributed by atoms with Crippen LogP contribution in [-0.2, 0) is 0 Å². The zero-order valence-electron chi connectivity index (χ0n) is 9.09. The average molecular weight is 232 g/mol. The zero-order chi connectivity index (χ0) is 12.3. The topological polar surface area (TPSA) is 75.4 Å². The lowest BCUT2D eigenvalue weighted by molar-refractivity contribution is -0.383. The minimum atomic E-state index is -0.424. The number of aliphatic hydroxyl groups excluding tert-OH is 1. The number of hydrogen-bond acceptors (Lipinski definition) is 4. The van der Waals surface area contributed by atoms with Crippen molar-refractivity contribution in [3.05, 3.63) is 46.5 Å². The summed E-state index contributed by atoms with van der Waals surface area (Å²) in [5.74, 6) is 0. The van der Waals surface area contributed by atoms with Crippen LogP contribution in [0.4, 0.5) is 11.4 Å². The van der Waals surface area contributed by atoms with Crippen LogP contribution < -0.4 is 5.32 Å². The highest BCUT2D eigenvalue weighted by atomic mass is 16.6. The minimum absolute atomic E-state index is 0.0251. The molecule has 2 rings (SSSR count). The molecule has 5 heteroatoms. The maximum Gasteiger partial charge on any atom is 0.292 e. The quantitative estimate of drug-likeness (QED) is 0.625. The molecule has 2 N–H and O–H groups in total. The Hall–Kier alpha value is -2.14. The second-order valence-electron chi connectivity index (χ2n) is 3.59. The molecular weight excluding hydrogens is 220 g/mol. The molecule has 0 aromatic heterocycles. The van der Waals surface area contributed by atoms with E-state index in [-0.39, 0.29) is 18.8 Å². The number of nitro groups is 1. The van der Waals surface area contributed by atoms with E-state index in [1.165, 1.54) is 6.07 Å². The SMILES string of the molecule is O=[N+]([O-])c1ccc2ccccc2c1NCCO. The van der Waals surface area contributed by atoms with E-state index in [9.17, 15) is 10.1 Å². The number of hydrogen-bond donors (Lipinski definition) is 2. The van der Waals surface area contributed by atoms with Crippen molar-refractivity contribution in [1.82, 2.24) is 0 Å². The molecule has 0 saturated heterocycles. The largest absolute Gasteiger partial charge is 0.395 e. The van der Waals surface area contributed by atoms with Crippen molar-refractivity contribution < 1.29 is 10.0 Å². The fourth-order valence-electron chi connectivity index (χ4n) is 1.78. The standard InChI is InChI=1S/C12H12N2O3/c15-8-7-13-12-10-4-2-1-3-9(10)5-6-11(12)14(16)17/h1-6,13,15H,7-8H2. The van der Waals surface area contributed by atoms with E-state index in [0.717, 1.165) is 10.8 Å². The Labute approximate surface area is 97.8 Å². The molecule has 0 aliphatic rings. The summed E-state index contributed by atoms with van der Waals surface area (Å²) in [5, 5.41) is 24.3. The van der Waals surface area contributed by atoms with E-state index >= 15 is 0 Å². The van der Waals surface area contributed by atoms with Gasteiger partial charge in [-0.3, -0.25) is 10.1 Å². The van der Waals surface area contributed by atoms with E-state index < -0.39 is 4.92 Å². The number of nitro benzene ring substituents is 1. The van der Waals surface area contributed by atoms with Gasteiger partial charge in [-0.1, -0.05) is 24.3 Å². The van der Waals surface area contributed by atoms with Crippen molar-refractivity contribution in [3.63, 3.8) is 0 Å². The van der Waals surface area contributed by atoms with E-state index in [1.54, 1.807) is 6.07 Å². The molecule has 0 amide bonds. The van der Waals surface area contributed by atoms with Crippen molar-refractivity contribution in [2.45, 2.75) is 0 Å². The summed E-state index contributed by atoms with van der Waals surface area (Å²) in [7, 11) is 0.